The number of fused-ring (bicyclic) bond motifs is 3. The second kappa shape index (κ2) is 6.31. The molecule has 0 amide bonds. The van der Waals surface area contributed by atoms with Crippen molar-refractivity contribution in [3.63, 3.8) is 0 Å². The first kappa shape index (κ1) is 12.8. The van der Waals surface area contributed by atoms with Gasteiger partial charge in [-0.3, -0.25) is 0 Å². The van der Waals surface area contributed by atoms with Crippen molar-refractivity contribution in [1.29, 1.82) is 0 Å². The molecule has 2 heteroatoms. The quantitative estimate of drug-likeness (QED) is 0.444. The van der Waals surface area contributed by atoms with Gasteiger partial charge in [-0.1, -0.05) is 66.7 Å². The summed E-state index contributed by atoms with van der Waals surface area (Å²) in [4.78, 5) is 0. The number of hydrogen-bond acceptors (Lipinski definition) is 2. The van der Waals surface area contributed by atoms with Crippen molar-refractivity contribution in [2.75, 3.05) is 0 Å². The maximum absolute atomic E-state index is 2.93. The molecule has 0 fully saturated rings. The Morgan fingerprint density at radius 1 is 0.650 bits per heavy atom. The van der Waals surface area contributed by atoms with Crippen LogP contribution in [0.3, 0.4) is 0 Å². The van der Waals surface area contributed by atoms with Gasteiger partial charge in [0.25, 0.3) is 0 Å². The molecule has 0 saturated heterocycles. The molecule has 4 rings (SSSR count). The van der Waals surface area contributed by atoms with Gasteiger partial charge in [0.15, 0.2) is 0 Å². The lowest BCUT2D eigenvalue weighted by Gasteiger charge is -2.02. The molecule has 0 radical (unpaired) electrons. The van der Waals surface area contributed by atoms with Crippen molar-refractivity contribution in [3.05, 3.63) is 84.4 Å². The standard InChI is InChI=1S/C14H10.C4H5NS/c1-3-7-13-11(5-1)9-10-12-6-2-4-8-14(12)13;1-2-4-6-5-3-1/h1-10H;1-5H. The largest absolute Gasteiger partial charge is 0.333 e. The van der Waals surface area contributed by atoms with Crippen LogP contribution in [0.25, 0.3) is 21.5 Å². The second-order valence-corrected chi connectivity index (χ2v) is 5.17. The van der Waals surface area contributed by atoms with E-state index in [1.165, 1.54) is 21.5 Å². The number of allylic oxidation sites excluding steroid dienone is 2. The van der Waals surface area contributed by atoms with E-state index in [1.807, 2.05) is 23.8 Å². The molecule has 0 spiro atoms. The predicted octanol–water partition coefficient (Wildman–Crippen LogP) is 5.26. The van der Waals surface area contributed by atoms with Gasteiger partial charge in [0.2, 0.25) is 0 Å². The SMILES string of the molecule is C1=CNSC=C1.c1ccc2c(c1)ccc1ccccc12. The minimum atomic E-state index is 1.31. The molecule has 0 unspecified atom stereocenters. The van der Waals surface area contributed by atoms with E-state index in [1.54, 1.807) is 11.9 Å². The summed E-state index contributed by atoms with van der Waals surface area (Å²) in [6, 6.07) is 21.4. The maximum atomic E-state index is 2.93. The minimum absolute atomic E-state index is 1.31. The molecule has 0 saturated carbocycles. The van der Waals surface area contributed by atoms with Gasteiger partial charge in [0.1, 0.15) is 0 Å². The zero-order chi connectivity index (χ0) is 13.6. The lowest BCUT2D eigenvalue weighted by atomic mass is 10.0. The Labute approximate surface area is 123 Å². The van der Waals surface area contributed by atoms with Gasteiger partial charge < -0.3 is 4.72 Å². The highest BCUT2D eigenvalue weighted by atomic mass is 32.2. The van der Waals surface area contributed by atoms with Crippen LogP contribution in [-0.2, 0) is 0 Å². The van der Waals surface area contributed by atoms with Crippen molar-refractivity contribution >= 4 is 33.5 Å². The number of rotatable bonds is 0. The molecule has 0 bridgehead atoms. The van der Waals surface area contributed by atoms with E-state index < -0.39 is 0 Å². The lowest BCUT2D eigenvalue weighted by molar-refractivity contribution is 1.42. The van der Waals surface area contributed by atoms with Crippen molar-refractivity contribution in [2.24, 2.45) is 0 Å². The van der Waals surface area contributed by atoms with Crippen LogP contribution in [0.15, 0.2) is 84.4 Å². The van der Waals surface area contributed by atoms with Crippen LogP contribution in [0.5, 0.6) is 0 Å². The predicted molar refractivity (Wildman–Crippen MR) is 90.5 cm³/mol. The molecule has 1 aliphatic rings. The number of hydrogen-bond donors (Lipinski definition) is 1. The van der Waals surface area contributed by atoms with Gasteiger partial charge >= 0.3 is 0 Å². The van der Waals surface area contributed by atoms with Gasteiger partial charge in [-0.05, 0) is 45.0 Å². The molecule has 98 valence electrons. The smallest absolute Gasteiger partial charge is 0.00756 e. The Balaban J connectivity index is 0.000000170. The fraction of sp³-hybridized carbons (Fsp3) is 0. The minimum Gasteiger partial charge on any atom is -0.333 e. The van der Waals surface area contributed by atoms with Crippen molar-refractivity contribution in [2.45, 2.75) is 0 Å². The summed E-state index contributed by atoms with van der Waals surface area (Å²) in [5, 5.41) is 7.29. The highest BCUT2D eigenvalue weighted by molar-refractivity contribution is 8.00. The Bertz CT molecular complexity index is 708. The summed E-state index contributed by atoms with van der Waals surface area (Å²) >= 11 is 1.58. The van der Waals surface area contributed by atoms with E-state index in [2.05, 4.69) is 65.4 Å². The van der Waals surface area contributed by atoms with Crippen LogP contribution in [0, 0.1) is 0 Å². The van der Waals surface area contributed by atoms with Gasteiger partial charge in [-0.2, -0.15) is 0 Å². The fourth-order valence-corrected chi connectivity index (χ4v) is 2.62. The van der Waals surface area contributed by atoms with Crippen molar-refractivity contribution in [1.82, 2.24) is 4.72 Å². The van der Waals surface area contributed by atoms with Gasteiger partial charge in [-0.15, -0.1) is 0 Å². The molecule has 0 aromatic heterocycles. The topological polar surface area (TPSA) is 12.0 Å². The second-order valence-electron chi connectivity index (χ2n) is 4.43. The van der Waals surface area contributed by atoms with E-state index in [0.29, 0.717) is 0 Å². The van der Waals surface area contributed by atoms with E-state index in [9.17, 15) is 0 Å². The third-order valence-electron chi connectivity index (χ3n) is 3.14. The fourth-order valence-electron chi connectivity index (χ4n) is 2.21. The van der Waals surface area contributed by atoms with Crippen LogP contribution in [0.1, 0.15) is 0 Å². The average Bonchev–Trinajstić information content (AvgIpc) is 2.57. The number of nitrogens with one attached hydrogen (secondary N) is 1. The monoisotopic (exact) mass is 277 g/mol. The van der Waals surface area contributed by atoms with Gasteiger partial charge in [-0.25, -0.2) is 0 Å². The van der Waals surface area contributed by atoms with Crippen LogP contribution >= 0.6 is 11.9 Å². The molecule has 1 aliphatic heterocycles. The Morgan fingerprint density at radius 3 is 1.65 bits per heavy atom. The van der Waals surface area contributed by atoms with Gasteiger partial charge in [0.05, 0.1) is 0 Å². The molecular formula is C18H15NS. The zero-order valence-electron chi connectivity index (χ0n) is 11.0. The number of benzene rings is 3. The lowest BCUT2D eigenvalue weighted by Crippen LogP contribution is -1.88. The Hall–Kier alpha value is -2.19. The van der Waals surface area contributed by atoms with E-state index in [4.69, 9.17) is 0 Å². The van der Waals surface area contributed by atoms with Crippen LogP contribution in [0.4, 0.5) is 0 Å². The normalized spacial score (nSPS) is 12.8. The summed E-state index contributed by atoms with van der Waals surface area (Å²) in [5.41, 5.74) is 0. The maximum Gasteiger partial charge on any atom is 0.00756 e. The highest BCUT2D eigenvalue weighted by Crippen LogP contribution is 2.24. The molecule has 1 N–H and O–H groups in total. The van der Waals surface area contributed by atoms with E-state index in [-0.39, 0.29) is 0 Å². The van der Waals surface area contributed by atoms with Crippen LogP contribution < -0.4 is 4.72 Å². The molecule has 1 nitrogen and oxygen atoms in total. The first-order valence-corrected chi connectivity index (χ1v) is 7.42. The van der Waals surface area contributed by atoms with Crippen molar-refractivity contribution in [3.8, 4) is 0 Å². The third-order valence-corrected chi connectivity index (χ3v) is 3.71. The first-order chi connectivity index (χ1) is 9.95. The molecular weight excluding hydrogens is 262 g/mol. The Kier molecular flexibility index (Phi) is 4.04. The summed E-state index contributed by atoms with van der Waals surface area (Å²) in [7, 11) is 0. The van der Waals surface area contributed by atoms with E-state index in [0.717, 1.165) is 0 Å². The van der Waals surface area contributed by atoms with Crippen LogP contribution in [-0.4, -0.2) is 0 Å². The van der Waals surface area contributed by atoms with E-state index >= 15 is 0 Å². The zero-order valence-corrected chi connectivity index (χ0v) is 11.8. The average molecular weight is 277 g/mol. The Morgan fingerprint density at radius 2 is 1.25 bits per heavy atom. The molecule has 3 aromatic rings. The summed E-state index contributed by atoms with van der Waals surface area (Å²) in [6.07, 6.45) is 5.84. The van der Waals surface area contributed by atoms with Crippen molar-refractivity contribution < 1.29 is 0 Å². The molecule has 3 aromatic carbocycles. The molecule has 20 heavy (non-hydrogen) atoms. The molecule has 0 aliphatic carbocycles. The summed E-state index contributed by atoms with van der Waals surface area (Å²) in [5.74, 6) is 0. The molecule has 1 heterocycles. The highest BCUT2D eigenvalue weighted by Gasteiger charge is 1.97. The molecule has 0 atom stereocenters. The first-order valence-electron chi connectivity index (χ1n) is 6.54. The van der Waals surface area contributed by atoms with Gasteiger partial charge in [0, 0.05) is 6.20 Å². The third kappa shape index (κ3) is 2.86. The summed E-state index contributed by atoms with van der Waals surface area (Å²) < 4.78 is 2.93. The summed E-state index contributed by atoms with van der Waals surface area (Å²) in [6.45, 7) is 0. The van der Waals surface area contributed by atoms with Crippen LogP contribution in [0.2, 0.25) is 0 Å².